The summed E-state index contributed by atoms with van der Waals surface area (Å²) in [6.07, 6.45) is 1.61. The van der Waals surface area contributed by atoms with Crippen molar-refractivity contribution in [2.75, 3.05) is 0 Å². The Kier molecular flexibility index (Phi) is 4.01. The van der Waals surface area contributed by atoms with Gasteiger partial charge in [-0.1, -0.05) is 48.5 Å². The maximum absolute atomic E-state index is 13.2. The SMILES string of the molecule is CCn1cnc2c1c(=O)n(Cc1ccccc1)c(=O)n2-c1ccccc1. The lowest BCUT2D eigenvalue weighted by Gasteiger charge is -2.12. The highest BCUT2D eigenvalue weighted by atomic mass is 16.2. The molecule has 0 N–H and O–H groups in total. The van der Waals surface area contributed by atoms with Crippen LogP contribution in [0.1, 0.15) is 12.5 Å². The quantitative estimate of drug-likeness (QED) is 0.570. The summed E-state index contributed by atoms with van der Waals surface area (Å²) in [4.78, 5) is 30.6. The van der Waals surface area contributed by atoms with Crippen LogP contribution in [0.15, 0.2) is 76.6 Å². The Balaban J connectivity index is 2.06. The molecule has 0 saturated heterocycles. The summed E-state index contributed by atoms with van der Waals surface area (Å²) in [6.45, 7) is 2.76. The zero-order valence-electron chi connectivity index (χ0n) is 14.4. The van der Waals surface area contributed by atoms with Gasteiger partial charge >= 0.3 is 5.69 Å². The van der Waals surface area contributed by atoms with Crippen molar-refractivity contribution < 1.29 is 0 Å². The smallest absolute Gasteiger partial charge is 0.325 e. The van der Waals surface area contributed by atoms with Crippen molar-refractivity contribution in [2.45, 2.75) is 20.0 Å². The molecule has 2 aromatic carbocycles. The summed E-state index contributed by atoms with van der Waals surface area (Å²) in [5, 5.41) is 0. The second-order valence-corrected chi connectivity index (χ2v) is 6.03. The molecule has 0 bridgehead atoms. The van der Waals surface area contributed by atoms with Gasteiger partial charge in [-0.2, -0.15) is 0 Å². The third-order valence-corrected chi connectivity index (χ3v) is 4.44. The van der Waals surface area contributed by atoms with Crippen LogP contribution in [0.3, 0.4) is 0 Å². The van der Waals surface area contributed by atoms with Crippen LogP contribution in [-0.2, 0) is 13.1 Å². The third kappa shape index (κ3) is 2.56. The van der Waals surface area contributed by atoms with E-state index in [0.29, 0.717) is 23.4 Å². The number of para-hydroxylation sites is 1. The average Bonchev–Trinajstić information content (AvgIpc) is 3.11. The van der Waals surface area contributed by atoms with Gasteiger partial charge in [-0.3, -0.25) is 9.36 Å². The first-order valence-corrected chi connectivity index (χ1v) is 8.50. The van der Waals surface area contributed by atoms with Crippen molar-refractivity contribution in [3.8, 4) is 5.69 Å². The fraction of sp³-hybridized carbons (Fsp3) is 0.150. The summed E-state index contributed by atoms with van der Waals surface area (Å²) >= 11 is 0. The highest BCUT2D eigenvalue weighted by molar-refractivity contribution is 5.72. The molecule has 0 unspecified atom stereocenters. The first-order chi connectivity index (χ1) is 12.7. The number of aromatic nitrogens is 4. The molecule has 0 aliphatic carbocycles. The van der Waals surface area contributed by atoms with Crippen molar-refractivity contribution in [2.24, 2.45) is 0 Å². The molecule has 4 rings (SSSR count). The Morgan fingerprint density at radius 1 is 0.923 bits per heavy atom. The van der Waals surface area contributed by atoms with Gasteiger partial charge in [0.2, 0.25) is 0 Å². The Hall–Kier alpha value is -3.41. The highest BCUT2D eigenvalue weighted by Gasteiger charge is 2.18. The van der Waals surface area contributed by atoms with Gasteiger partial charge in [-0.15, -0.1) is 0 Å². The van der Waals surface area contributed by atoms with Crippen LogP contribution in [0.2, 0.25) is 0 Å². The van der Waals surface area contributed by atoms with E-state index in [9.17, 15) is 9.59 Å². The minimum absolute atomic E-state index is 0.218. The summed E-state index contributed by atoms with van der Waals surface area (Å²) in [5.74, 6) is 0. The van der Waals surface area contributed by atoms with Crippen LogP contribution in [0.25, 0.3) is 16.9 Å². The topological polar surface area (TPSA) is 61.8 Å². The zero-order valence-corrected chi connectivity index (χ0v) is 14.4. The van der Waals surface area contributed by atoms with E-state index < -0.39 is 0 Å². The first kappa shape index (κ1) is 16.1. The molecule has 130 valence electrons. The molecule has 0 amide bonds. The van der Waals surface area contributed by atoms with Crippen LogP contribution in [0.4, 0.5) is 0 Å². The van der Waals surface area contributed by atoms with E-state index in [1.165, 1.54) is 9.13 Å². The number of fused-ring (bicyclic) bond motifs is 1. The molecule has 0 aliphatic rings. The predicted octanol–water partition coefficient (Wildman–Crippen LogP) is 2.42. The number of hydrogen-bond donors (Lipinski definition) is 0. The maximum atomic E-state index is 13.2. The van der Waals surface area contributed by atoms with E-state index in [0.717, 1.165) is 5.56 Å². The molecule has 26 heavy (non-hydrogen) atoms. The van der Waals surface area contributed by atoms with Gasteiger partial charge in [-0.25, -0.2) is 14.3 Å². The predicted molar refractivity (Wildman–Crippen MR) is 101 cm³/mol. The van der Waals surface area contributed by atoms with Gasteiger partial charge in [-0.05, 0) is 24.6 Å². The zero-order chi connectivity index (χ0) is 18.1. The Labute approximate surface area is 149 Å². The summed E-state index contributed by atoms with van der Waals surface area (Å²) < 4.78 is 4.56. The number of rotatable bonds is 4. The van der Waals surface area contributed by atoms with Crippen molar-refractivity contribution in [1.82, 2.24) is 18.7 Å². The second-order valence-electron chi connectivity index (χ2n) is 6.03. The van der Waals surface area contributed by atoms with Crippen LogP contribution < -0.4 is 11.2 Å². The Bertz CT molecular complexity index is 1170. The van der Waals surface area contributed by atoms with E-state index in [1.54, 1.807) is 10.9 Å². The van der Waals surface area contributed by atoms with Gasteiger partial charge in [0.25, 0.3) is 5.56 Å². The number of benzene rings is 2. The Morgan fingerprint density at radius 3 is 2.23 bits per heavy atom. The Morgan fingerprint density at radius 2 is 1.58 bits per heavy atom. The summed E-state index contributed by atoms with van der Waals surface area (Å²) in [7, 11) is 0. The fourth-order valence-electron chi connectivity index (χ4n) is 3.13. The lowest BCUT2D eigenvalue weighted by atomic mass is 10.2. The van der Waals surface area contributed by atoms with Gasteiger partial charge in [0.05, 0.1) is 18.6 Å². The van der Waals surface area contributed by atoms with Crippen molar-refractivity contribution in [3.63, 3.8) is 0 Å². The van der Waals surface area contributed by atoms with E-state index in [-0.39, 0.29) is 17.8 Å². The van der Waals surface area contributed by atoms with Crippen LogP contribution in [0, 0.1) is 0 Å². The molecule has 6 heteroatoms. The van der Waals surface area contributed by atoms with Crippen molar-refractivity contribution in [3.05, 3.63) is 93.4 Å². The number of aryl methyl sites for hydroxylation is 1. The molecule has 0 spiro atoms. The van der Waals surface area contributed by atoms with E-state index in [4.69, 9.17) is 0 Å². The average molecular weight is 346 g/mol. The van der Waals surface area contributed by atoms with E-state index in [2.05, 4.69) is 4.98 Å². The van der Waals surface area contributed by atoms with Crippen LogP contribution in [0.5, 0.6) is 0 Å². The third-order valence-electron chi connectivity index (χ3n) is 4.44. The molecule has 6 nitrogen and oxygen atoms in total. The second kappa shape index (κ2) is 6.48. The molecule has 0 fully saturated rings. The lowest BCUT2D eigenvalue weighted by molar-refractivity contribution is 0.675. The van der Waals surface area contributed by atoms with Gasteiger partial charge in [0.1, 0.15) is 0 Å². The molecular weight excluding hydrogens is 328 g/mol. The normalized spacial score (nSPS) is 11.1. The molecule has 2 aromatic heterocycles. The van der Waals surface area contributed by atoms with Crippen LogP contribution >= 0.6 is 0 Å². The fourth-order valence-corrected chi connectivity index (χ4v) is 3.13. The van der Waals surface area contributed by atoms with E-state index >= 15 is 0 Å². The summed E-state index contributed by atoms with van der Waals surface area (Å²) in [6, 6.07) is 18.8. The molecule has 0 atom stereocenters. The molecular formula is C20H18N4O2. The minimum Gasteiger partial charge on any atom is -0.325 e. The molecule has 0 saturated carbocycles. The van der Waals surface area contributed by atoms with Crippen LogP contribution in [-0.4, -0.2) is 18.7 Å². The highest BCUT2D eigenvalue weighted by Crippen LogP contribution is 2.13. The molecule has 2 heterocycles. The molecule has 0 radical (unpaired) electrons. The van der Waals surface area contributed by atoms with Gasteiger partial charge in [0.15, 0.2) is 11.2 Å². The van der Waals surface area contributed by atoms with Crippen molar-refractivity contribution in [1.29, 1.82) is 0 Å². The monoisotopic (exact) mass is 346 g/mol. The summed E-state index contributed by atoms with van der Waals surface area (Å²) in [5.41, 5.74) is 1.70. The molecule has 0 aliphatic heterocycles. The maximum Gasteiger partial charge on any atom is 0.337 e. The minimum atomic E-state index is -0.390. The van der Waals surface area contributed by atoms with E-state index in [1.807, 2.05) is 67.6 Å². The number of hydrogen-bond acceptors (Lipinski definition) is 3. The molecule has 4 aromatic rings. The largest absolute Gasteiger partial charge is 0.337 e. The standard InChI is InChI=1S/C20H18N4O2/c1-2-22-14-21-18-17(22)19(25)23(13-15-9-5-3-6-10-15)20(26)24(18)16-11-7-4-8-12-16/h3-12,14H,2,13H2,1H3. The lowest BCUT2D eigenvalue weighted by Crippen LogP contribution is -2.40. The number of nitrogens with zero attached hydrogens (tertiary/aromatic N) is 4. The number of imidazole rings is 1. The van der Waals surface area contributed by atoms with Crippen molar-refractivity contribution >= 4 is 11.2 Å². The first-order valence-electron chi connectivity index (χ1n) is 8.50. The van der Waals surface area contributed by atoms with Gasteiger partial charge in [0, 0.05) is 6.54 Å². The van der Waals surface area contributed by atoms with Gasteiger partial charge < -0.3 is 4.57 Å².